The molecule has 0 aliphatic carbocycles. The summed E-state index contributed by atoms with van der Waals surface area (Å²) >= 11 is 1.22. The number of anilines is 2. The van der Waals surface area contributed by atoms with Crippen molar-refractivity contribution >= 4 is 27.8 Å². The van der Waals surface area contributed by atoms with Crippen molar-refractivity contribution in [2.24, 2.45) is 0 Å². The van der Waals surface area contributed by atoms with Gasteiger partial charge in [0, 0.05) is 25.4 Å². The fraction of sp³-hybridized carbons (Fsp3) is 0.214. The van der Waals surface area contributed by atoms with E-state index in [1.165, 1.54) is 18.3 Å². The molecule has 0 radical (unpaired) electrons. The topological polar surface area (TPSA) is 91.8 Å². The number of nitriles is 1. The summed E-state index contributed by atoms with van der Waals surface area (Å²) in [7, 11) is 0. The first-order valence-corrected chi connectivity index (χ1v) is 6.86. The molecule has 0 bridgehead atoms. The zero-order valence-corrected chi connectivity index (χ0v) is 12.0. The van der Waals surface area contributed by atoms with Crippen LogP contribution in [0.25, 0.3) is 0 Å². The average Bonchev–Trinajstić information content (AvgIpc) is 2.76. The lowest BCUT2D eigenvalue weighted by atomic mass is 10.1. The van der Waals surface area contributed by atoms with Crippen molar-refractivity contribution in [3.05, 3.63) is 40.5 Å². The van der Waals surface area contributed by atoms with E-state index in [-0.39, 0.29) is 17.5 Å². The molecule has 0 aliphatic rings. The Balaban J connectivity index is 2.33. The van der Waals surface area contributed by atoms with Gasteiger partial charge >= 0.3 is 0 Å². The van der Waals surface area contributed by atoms with Gasteiger partial charge in [0.2, 0.25) is 0 Å². The van der Waals surface area contributed by atoms with Crippen LogP contribution in [0.3, 0.4) is 0 Å². The number of aromatic nitrogens is 1. The third-order valence-corrected chi connectivity index (χ3v) is 4.17. The van der Waals surface area contributed by atoms with Crippen molar-refractivity contribution < 1.29 is 4.79 Å². The van der Waals surface area contributed by atoms with E-state index in [9.17, 15) is 10.1 Å². The molecular formula is C14H14N4OS. The Hall–Kier alpha value is -2.39. The number of rotatable bonds is 4. The number of carbonyl (C=O) groups is 1. The molecule has 2 aromatic rings. The van der Waals surface area contributed by atoms with Crippen LogP contribution in [0.1, 0.15) is 40.7 Å². The molecular weight excluding hydrogens is 272 g/mol. The third-order valence-electron chi connectivity index (χ3n) is 2.93. The van der Waals surface area contributed by atoms with E-state index in [4.69, 9.17) is 5.73 Å². The maximum Gasteiger partial charge on any atom is 0.171 e. The molecule has 2 heterocycles. The minimum absolute atomic E-state index is 0.0111. The molecule has 20 heavy (non-hydrogen) atoms. The highest BCUT2D eigenvalue weighted by Crippen LogP contribution is 2.37. The Morgan fingerprint density at radius 2 is 2.15 bits per heavy atom. The Bertz CT molecular complexity index is 672. The zero-order chi connectivity index (χ0) is 14.7. The molecule has 1 atom stereocenters. The maximum absolute atomic E-state index is 11.5. The van der Waals surface area contributed by atoms with Crippen molar-refractivity contribution in [2.75, 3.05) is 11.1 Å². The number of hydrogen-bond donors (Lipinski definition) is 2. The minimum atomic E-state index is -0.131. The van der Waals surface area contributed by atoms with Crippen LogP contribution in [0.2, 0.25) is 0 Å². The maximum atomic E-state index is 11.5. The summed E-state index contributed by atoms with van der Waals surface area (Å²) in [5.41, 5.74) is 7.48. The smallest absolute Gasteiger partial charge is 0.171 e. The lowest BCUT2D eigenvalue weighted by Gasteiger charge is -2.14. The van der Waals surface area contributed by atoms with E-state index in [1.807, 2.05) is 19.1 Å². The Morgan fingerprint density at radius 1 is 1.50 bits per heavy atom. The van der Waals surface area contributed by atoms with Crippen molar-refractivity contribution in [2.45, 2.75) is 19.9 Å². The summed E-state index contributed by atoms with van der Waals surface area (Å²) in [6.45, 7) is 3.42. The number of hydrogen-bond acceptors (Lipinski definition) is 6. The van der Waals surface area contributed by atoms with E-state index in [1.54, 1.807) is 12.4 Å². The fourth-order valence-corrected chi connectivity index (χ4v) is 2.90. The predicted octanol–water partition coefficient (Wildman–Crippen LogP) is 2.97. The molecule has 102 valence electrons. The van der Waals surface area contributed by atoms with Crippen LogP contribution in [-0.2, 0) is 0 Å². The van der Waals surface area contributed by atoms with E-state index < -0.39 is 0 Å². The second-order valence-corrected chi connectivity index (χ2v) is 5.38. The van der Waals surface area contributed by atoms with Gasteiger partial charge in [-0.25, -0.2) is 0 Å². The monoisotopic (exact) mass is 286 g/mol. The number of nitrogen functional groups attached to an aromatic ring is 1. The SMILES string of the molecule is CC(=O)c1sc(NC(C)c2ccncc2)c(C#N)c1N. The number of pyridine rings is 1. The summed E-state index contributed by atoms with van der Waals surface area (Å²) in [5.74, 6) is -0.131. The van der Waals surface area contributed by atoms with Gasteiger partial charge in [0.15, 0.2) is 5.78 Å². The number of ketones is 1. The largest absolute Gasteiger partial charge is 0.396 e. The van der Waals surface area contributed by atoms with E-state index >= 15 is 0 Å². The first kappa shape index (κ1) is 14.0. The number of nitrogens with two attached hydrogens (primary N) is 1. The van der Waals surface area contributed by atoms with E-state index in [2.05, 4.69) is 16.4 Å². The van der Waals surface area contributed by atoms with Crippen LogP contribution in [0.5, 0.6) is 0 Å². The third kappa shape index (κ3) is 2.63. The standard InChI is InChI=1S/C14H14N4OS/c1-8(10-3-5-17-6-4-10)18-14-11(7-15)12(16)13(20-14)9(2)19/h3-6,8,18H,16H2,1-2H3. The van der Waals surface area contributed by atoms with E-state index in [0.29, 0.717) is 15.4 Å². The van der Waals surface area contributed by atoms with Gasteiger partial charge in [-0.1, -0.05) is 0 Å². The van der Waals surface area contributed by atoms with Gasteiger partial charge in [-0.05, 0) is 24.6 Å². The number of Topliss-reactive ketones (excluding diaryl/α,β-unsaturated/α-hetero) is 1. The number of thiophene rings is 1. The lowest BCUT2D eigenvalue weighted by molar-refractivity contribution is 0.102. The molecule has 0 aromatic carbocycles. The first-order chi connectivity index (χ1) is 9.54. The first-order valence-electron chi connectivity index (χ1n) is 6.04. The molecule has 2 rings (SSSR count). The second-order valence-electron chi connectivity index (χ2n) is 4.36. The van der Waals surface area contributed by atoms with Crippen LogP contribution in [0, 0.1) is 11.3 Å². The second kappa shape index (κ2) is 5.72. The molecule has 2 aromatic heterocycles. The van der Waals surface area contributed by atoms with Crippen LogP contribution in [-0.4, -0.2) is 10.8 Å². The minimum Gasteiger partial charge on any atom is -0.396 e. The molecule has 0 saturated carbocycles. The molecule has 0 spiro atoms. The van der Waals surface area contributed by atoms with Crippen LogP contribution >= 0.6 is 11.3 Å². The van der Waals surface area contributed by atoms with Gasteiger partial charge < -0.3 is 11.1 Å². The summed E-state index contributed by atoms with van der Waals surface area (Å²) < 4.78 is 0. The lowest BCUT2D eigenvalue weighted by Crippen LogP contribution is -2.06. The van der Waals surface area contributed by atoms with E-state index in [0.717, 1.165) is 5.56 Å². The Kier molecular flexibility index (Phi) is 4.01. The normalized spacial score (nSPS) is 11.7. The Morgan fingerprint density at radius 3 is 2.70 bits per heavy atom. The van der Waals surface area contributed by atoms with Gasteiger partial charge in [0.05, 0.1) is 10.6 Å². The van der Waals surface area contributed by atoms with Gasteiger partial charge in [0.25, 0.3) is 0 Å². The highest BCUT2D eigenvalue weighted by molar-refractivity contribution is 7.19. The number of nitrogens with one attached hydrogen (secondary N) is 1. The summed E-state index contributed by atoms with van der Waals surface area (Å²) in [6, 6.07) is 5.83. The summed E-state index contributed by atoms with van der Waals surface area (Å²) in [5, 5.41) is 13.0. The molecule has 0 fully saturated rings. The predicted molar refractivity (Wildman–Crippen MR) is 79.7 cm³/mol. The van der Waals surface area contributed by atoms with Gasteiger partial charge in [-0.2, -0.15) is 5.26 Å². The Labute approximate surface area is 121 Å². The molecule has 0 saturated heterocycles. The van der Waals surface area contributed by atoms with Crippen molar-refractivity contribution in [1.29, 1.82) is 5.26 Å². The van der Waals surface area contributed by atoms with Gasteiger partial charge in [-0.15, -0.1) is 11.3 Å². The van der Waals surface area contributed by atoms with Crippen molar-refractivity contribution in [1.82, 2.24) is 4.98 Å². The fourth-order valence-electron chi connectivity index (χ4n) is 1.85. The molecule has 0 aliphatic heterocycles. The van der Waals surface area contributed by atoms with Gasteiger partial charge in [-0.3, -0.25) is 9.78 Å². The summed E-state index contributed by atoms with van der Waals surface area (Å²) in [6.07, 6.45) is 3.42. The quantitative estimate of drug-likeness (QED) is 0.843. The van der Waals surface area contributed by atoms with Gasteiger partial charge in [0.1, 0.15) is 16.6 Å². The molecule has 1 unspecified atom stereocenters. The van der Waals surface area contributed by atoms with Crippen LogP contribution < -0.4 is 11.1 Å². The summed E-state index contributed by atoms with van der Waals surface area (Å²) in [4.78, 5) is 15.9. The number of carbonyl (C=O) groups excluding carboxylic acids is 1. The molecule has 3 N–H and O–H groups in total. The van der Waals surface area contributed by atoms with Crippen molar-refractivity contribution in [3.63, 3.8) is 0 Å². The van der Waals surface area contributed by atoms with Crippen molar-refractivity contribution in [3.8, 4) is 6.07 Å². The molecule has 5 nitrogen and oxygen atoms in total. The zero-order valence-electron chi connectivity index (χ0n) is 11.2. The number of nitrogens with zero attached hydrogens (tertiary/aromatic N) is 2. The molecule has 0 amide bonds. The van der Waals surface area contributed by atoms with Crippen LogP contribution in [0.15, 0.2) is 24.5 Å². The average molecular weight is 286 g/mol. The molecule has 6 heteroatoms. The highest BCUT2D eigenvalue weighted by Gasteiger charge is 2.20. The van der Waals surface area contributed by atoms with Crippen LogP contribution in [0.4, 0.5) is 10.7 Å². The highest BCUT2D eigenvalue weighted by atomic mass is 32.1.